The summed E-state index contributed by atoms with van der Waals surface area (Å²) >= 11 is 0. The number of hydrogen-bond donors (Lipinski definition) is 0. The Morgan fingerprint density at radius 1 is 1.18 bits per heavy atom. The average molecular weight is 294 g/mol. The number of carbonyl (C=O) groups excluding carboxylic acids is 1. The third-order valence-corrected chi connectivity index (χ3v) is 4.02. The molecule has 22 heavy (non-hydrogen) atoms. The van der Waals surface area contributed by atoms with E-state index in [-0.39, 0.29) is 11.3 Å². The Hall–Kier alpha value is -2.67. The van der Waals surface area contributed by atoms with Crippen LogP contribution in [0.15, 0.2) is 35.1 Å². The molecule has 0 amide bonds. The smallest absolute Gasteiger partial charge is 0.269 e. The summed E-state index contributed by atoms with van der Waals surface area (Å²) in [5.74, 6) is -0.123. The summed E-state index contributed by atoms with van der Waals surface area (Å²) in [7, 11) is 0. The van der Waals surface area contributed by atoms with Gasteiger partial charge in [0.25, 0.3) is 5.56 Å². The predicted octanol–water partition coefficient (Wildman–Crippen LogP) is 3.15. The van der Waals surface area contributed by atoms with Crippen LogP contribution in [-0.2, 0) is 4.79 Å². The Labute approximate surface area is 129 Å². The molecule has 2 rings (SSSR count). The van der Waals surface area contributed by atoms with Crippen molar-refractivity contribution in [3.8, 4) is 17.3 Å². The van der Waals surface area contributed by atoms with Crippen LogP contribution < -0.4 is 5.56 Å². The highest BCUT2D eigenvalue weighted by Gasteiger charge is 2.18. The second-order valence-electron chi connectivity index (χ2n) is 5.50. The summed E-state index contributed by atoms with van der Waals surface area (Å²) in [5, 5.41) is 9.06. The topological polar surface area (TPSA) is 62.9 Å². The Kier molecular flexibility index (Phi) is 4.27. The summed E-state index contributed by atoms with van der Waals surface area (Å²) in [6, 6.07) is 10.4. The van der Waals surface area contributed by atoms with Crippen LogP contribution in [-0.4, -0.2) is 10.4 Å². The van der Waals surface area contributed by atoms with Gasteiger partial charge < -0.3 is 0 Å². The number of hydrogen-bond acceptors (Lipinski definition) is 3. The molecule has 0 saturated carbocycles. The van der Waals surface area contributed by atoms with Crippen molar-refractivity contribution < 1.29 is 4.79 Å². The van der Waals surface area contributed by atoms with Crippen LogP contribution in [0.2, 0.25) is 0 Å². The van der Waals surface area contributed by atoms with Crippen molar-refractivity contribution >= 4 is 5.78 Å². The van der Waals surface area contributed by atoms with Crippen molar-refractivity contribution in [2.75, 3.05) is 0 Å². The summed E-state index contributed by atoms with van der Waals surface area (Å²) in [6.07, 6.45) is 0. The molecule has 4 nitrogen and oxygen atoms in total. The van der Waals surface area contributed by atoms with Gasteiger partial charge in [-0.3, -0.25) is 14.2 Å². The maximum Gasteiger partial charge on any atom is 0.269 e. The maximum absolute atomic E-state index is 12.5. The number of ketones is 1. The van der Waals surface area contributed by atoms with Gasteiger partial charge >= 0.3 is 0 Å². The molecule has 0 radical (unpaired) electrons. The van der Waals surface area contributed by atoms with Gasteiger partial charge in [-0.25, -0.2) is 0 Å². The number of pyridine rings is 1. The molecule has 0 aliphatic carbocycles. The minimum absolute atomic E-state index is 0.0423. The predicted molar refractivity (Wildman–Crippen MR) is 85.7 cm³/mol. The molecule has 1 aromatic carbocycles. The summed E-state index contributed by atoms with van der Waals surface area (Å²) in [6.45, 7) is 7.14. The van der Waals surface area contributed by atoms with Gasteiger partial charge in [-0.2, -0.15) is 5.26 Å². The summed E-state index contributed by atoms with van der Waals surface area (Å²) in [5.41, 5.74) is 3.39. The number of nitriles is 1. The van der Waals surface area contributed by atoms with Crippen LogP contribution in [0.3, 0.4) is 0 Å². The summed E-state index contributed by atoms with van der Waals surface area (Å²) < 4.78 is 1.41. The van der Waals surface area contributed by atoms with Gasteiger partial charge in [-0.1, -0.05) is 12.1 Å². The highest BCUT2D eigenvalue weighted by Crippen LogP contribution is 2.24. The molecule has 0 N–H and O–H groups in total. The lowest BCUT2D eigenvalue weighted by atomic mass is 10.0. The van der Waals surface area contributed by atoms with E-state index >= 15 is 0 Å². The second-order valence-corrected chi connectivity index (χ2v) is 5.50. The highest BCUT2D eigenvalue weighted by atomic mass is 16.1. The lowest BCUT2D eigenvalue weighted by molar-refractivity contribution is -0.119. The number of carbonyl (C=O) groups is 1. The molecular weight excluding hydrogens is 276 g/mol. The van der Waals surface area contributed by atoms with E-state index in [0.717, 1.165) is 16.7 Å². The molecule has 1 atom stereocenters. The molecule has 112 valence electrons. The van der Waals surface area contributed by atoms with Crippen LogP contribution in [0, 0.1) is 25.2 Å². The first-order chi connectivity index (χ1) is 10.4. The van der Waals surface area contributed by atoms with E-state index in [9.17, 15) is 9.59 Å². The molecule has 1 unspecified atom stereocenters. The molecule has 2 aromatic rings. The Morgan fingerprint density at radius 2 is 1.86 bits per heavy atom. The third kappa shape index (κ3) is 2.71. The quantitative estimate of drug-likeness (QED) is 0.873. The van der Waals surface area contributed by atoms with Crippen LogP contribution in [0.25, 0.3) is 11.3 Å². The first kappa shape index (κ1) is 15.7. The minimum atomic E-state index is -0.614. The van der Waals surface area contributed by atoms with Crippen molar-refractivity contribution in [3.63, 3.8) is 0 Å². The van der Waals surface area contributed by atoms with Gasteiger partial charge in [-0.05, 0) is 62.6 Å². The molecule has 0 saturated heterocycles. The molecule has 0 fully saturated rings. The van der Waals surface area contributed by atoms with Gasteiger partial charge in [0, 0.05) is 0 Å². The largest absolute Gasteiger partial charge is 0.298 e. The number of aryl methyl sites for hydroxylation is 2. The Morgan fingerprint density at radius 3 is 2.41 bits per heavy atom. The van der Waals surface area contributed by atoms with Crippen LogP contribution in [0.1, 0.15) is 36.6 Å². The highest BCUT2D eigenvalue weighted by molar-refractivity contribution is 5.80. The third-order valence-electron chi connectivity index (χ3n) is 4.02. The van der Waals surface area contributed by atoms with Crippen molar-refractivity contribution in [2.45, 2.75) is 33.7 Å². The molecule has 0 bridgehead atoms. The number of benzene rings is 1. The van der Waals surface area contributed by atoms with Gasteiger partial charge in [-0.15, -0.1) is 0 Å². The zero-order valence-electron chi connectivity index (χ0n) is 13.2. The fourth-order valence-corrected chi connectivity index (χ4v) is 2.34. The van der Waals surface area contributed by atoms with Crippen LogP contribution in [0.4, 0.5) is 0 Å². The van der Waals surface area contributed by atoms with E-state index in [1.54, 1.807) is 13.0 Å². The molecule has 0 aliphatic heterocycles. The fraction of sp³-hybridized carbons (Fsp3) is 0.278. The van der Waals surface area contributed by atoms with E-state index in [2.05, 4.69) is 0 Å². The number of nitrogens with zero attached hydrogens (tertiary/aromatic N) is 2. The zero-order chi connectivity index (χ0) is 16.4. The molecular formula is C18H18N2O2. The SMILES string of the molecule is CC(=O)C(C)n1c(-c2ccc(C)c(C)c2)ccc(C#N)c1=O. The number of aromatic nitrogens is 1. The molecule has 0 aliphatic rings. The molecule has 4 heteroatoms. The lowest BCUT2D eigenvalue weighted by Gasteiger charge is -2.18. The van der Waals surface area contributed by atoms with Crippen molar-refractivity contribution in [2.24, 2.45) is 0 Å². The van der Waals surface area contributed by atoms with Crippen LogP contribution in [0.5, 0.6) is 0 Å². The first-order valence-corrected chi connectivity index (χ1v) is 7.10. The second kappa shape index (κ2) is 5.98. The van der Waals surface area contributed by atoms with Crippen molar-refractivity contribution in [1.82, 2.24) is 4.57 Å². The lowest BCUT2D eigenvalue weighted by Crippen LogP contribution is -2.30. The Bertz CT molecular complexity index is 841. The minimum Gasteiger partial charge on any atom is -0.298 e. The average Bonchev–Trinajstić information content (AvgIpc) is 2.49. The van der Waals surface area contributed by atoms with Gasteiger partial charge in [0.1, 0.15) is 11.6 Å². The Balaban J connectivity index is 2.78. The monoisotopic (exact) mass is 294 g/mol. The van der Waals surface area contributed by atoms with Crippen molar-refractivity contribution in [3.05, 3.63) is 57.4 Å². The van der Waals surface area contributed by atoms with Gasteiger partial charge in [0.05, 0.1) is 11.7 Å². The van der Waals surface area contributed by atoms with E-state index in [4.69, 9.17) is 5.26 Å². The fourth-order valence-electron chi connectivity index (χ4n) is 2.34. The normalized spacial score (nSPS) is 11.8. The maximum atomic E-state index is 12.5. The molecule has 0 spiro atoms. The first-order valence-electron chi connectivity index (χ1n) is 7.10. The van der Waals surface area contributed by atoms with Gasteiger partial charge in [0.15, 0.2) is 5.78 Å². The number of rotatable bonds is 3. The van der Waals surface area contributed by atoms with E-state index in [0.29, 0.717) is 5.69 Å². The zero-order valence-corrected chi connectivity index (χ0v) is 13.2. The molecule has 1 heterocycles. The van der Waals surface area contributed by atoms with Crippen LogP contribution >= 0.6 is 0 Å². The van der Waals surface area contributed by atoms with Crippen molar-refractivity contribution in [1.29, 1.82) is 5.26 Å². The summed E-state index contributed by atoms with van der Waals surface area (Å²) in [4.78, 5) is 24.2. The van der Waals surface area contributed by atoms with Gasteiger partial charge in [0.2, 0.25) is 0 Å². The number of Topliss-reactive ketones (excluding diaryl/α,β-unsaturated/α-hetero) is 1. The van der Waals surface area contributed by atoms with E-state index < -0.39 is 11.6 Å². The van der Waals surface area contributed by atoms with E-state index in [1.165, 1.54) is 17.6 Å². The molecule has 1 aromatic heterocycles. The standard InChI is InChI=1S/C18H18N2O2/c1-11-5-6-15(9-12(11)2)17-8-7-16(10-19)18(22)20(17)13(3)14(4)21/h5-9,13H,1-4H3. The van der Waals surface area contributed by atoms with E-state index in [1.807, 2.05) is 38.1 Å².